The van der Waals surface area contributed by atoms with Crippen molar-refractivity contribution in [1.29, 1.82) is 0 Å². The van der Waals surface area contributed by atoms with Gasteiger partial charge in [-0.15, -0.1) is 5.10 Å². The third-order valence-corrected chi connectivity index (χ3v) is 11.7. The van der Waals surface area contributed by atoms with Crippen LogP contribution in [0.4, 0.5) is 5.82 Å². The van der Waals surface area contributed by atoms with Gasteiger partial charge in [-0.2, -0.15) is 4.31 Å². The van der Waals surface area contributed by atoms with Crippen molar-refractivity contribution in [2.24, 2.45) is 5.92 Å². The molecule has 0 spiro atoms. The van der Waals surface area contributed by atoms with Crippen LogP contribution in [0.15, 0.2) is 53.6 Å². The molecule has 7 rings (SSSR count). The molecular weight excluding hydrogens is 576 g/mol. The Morgan fingerprint density at radius 1 is 1.16 bits per heavy atom. The quantitative estimate of drug-likeness (QED) is 0.294. The Kier molecular flexibility index (Phi) is 7.00. The smallest absolute Gasteiger partial charge is 0.304 e. The van der Waals surface area contributed by atoms with E-state index in [0.29, 0.717) is 18.3 Å². The molecule has 1 aliphatic carbocycles. The molecule has 11 heteroatoms. The van der Waals surface area contributed by atoms with Crippen LogP contribution in [0.25, 0.3) is 11.0 Å². The molecule has 10 nitrogen and oxygen atoms in total. The number of anilines is 1. The lowest BCUT2D eigenvalue weighted by atomic mass is 9.84. The molecule has 4 heterocycles. The van der Waals surface area contributed by atoms with Crippen molar-refractivity contribution in [3.63, 3.8) is 0 Å². The Hall–Kier alpha value is -3.83. The van der Waals surface area contributed by atoms with E-state index in [2.05, 4.69) is 27.1 Å². The van der Waals surface area contributed by atoms with Crippen molar-refractivity contribution < 1.29 is 18.3 Å². The number of carboxylic acid groups (broad SMARTS) is 1. The highest BCUT2D eigenvalue weighted by molar-refractivity contribution is 7.89. The van der Waals surface area contributed by atoms with Crippen molar-refractivity contribution in [2.75, 3.05) is 18.0 Å². The number of hydrogen-bond acceptors (Lipinski definition) is 7. The van der Waals surface area contributed by atoms with Gasteiger partial charge in [-0.25, -0.2) is 18.1 Å². The summed E-state index contributed by atoms with van der Waals surface area (Å²) in [4.78, 5) is 19.1. The first-order valence-electron chi connectivity index (χ1n) is 15.4. The van der Waals surface area contributed by atoms with Crippen LogP contribution in [-0.2, 0) is 27.9 Å². The zero-order chi connectivity index (χ0) is 30.8. The van der Waals surface area contributed by atoms with Gasteiger partial charge in [-0.1, -0.05) is 29.5 Å². The van der Waals surface area contributed by atoms with Crippen LogP contribution in [0.1, 0.15) is 72.8 Å². The molecule has 0 amide bonds. The summed E-state index contributed by atoms with van der Waals surface area (Å²) >= 11 is 0. The number of pyridine rings is 1. The van der Waals surface area contributed by atoms with E-state index in [9.17, 15) is 18.3 Å². The highest BCUT2D eigenvalue weighted by Crippen LogP contribution is 2.42. The molecule has 2 atom stereocenters. The summed E-state index contributed by atoms with van der Waals surface area (Å²) in [6, 6.07) is 13.3. The third-order valence-electron chi connectivity index (χ3n) is 9.88. The van der Waals surface area contributed by atoms with Crippen molar-refractivity contribution in [3.8, 4) is 0 Å². The molecule has 2 aromatic heterocycles. The fourth-order valence-electron chi connectivity index (χ4n) is 7.17. The van der Waals surface area contributed by atoms with Gasteiger partial charge >= 0.3 is 5.97 Å². The molecular formula is C33H38N6O4S. The van der Waals surface area contributed by atoms with Gasteiger partial charge in [-0.05, 0) is 98.4 Å². The van der Waals surface area contributed by atoms with Crippen LogP contribution < -0.4 is 4.90 Å². The van der Waals surface area contributed by atoms with Crippen LogP contribution >= 0.6 is 0 Å². The summed E-state index contributed by atoms with van der Waals surface area (Å²) in [7, 11) is -3.83. The number of rotatable bonds is 8. The second-order valence-electron chi connectivity index (χ2n) is 13.0. The molecule has 4 aromatic rings. The van der Waals surface area contributed by atoms with Crippen molar-refractivity contribution >= 4 is 32.8 Å². The molecule has 3 aliphatic rings. The Balaban J connectivity index is 1.26. The lowest BCUT2D eigenvalue weighted by molar-refractivity contribution is -0.137. The summed E-state index contributed by atoms with van der Waals surface area (Å²) in [5.74, 6) is -0.148. The van der Waals surface area contributed by atoms with Crippen LogP contribution in [0.3, 0.4) is 0 Å². The van der Waals surface area contributed by atoms with E-state index in [1.165, 1.54) is 12.8 Å². The molecule has 1 saturated heterocycles. The van der Waals surface area contributed by atoms with Gasteiger partial charge in [-0.3, -0.25) is 4.79 Å². The summed E-state index contributed by atoms with van der Waals surface area (Å²) in [6.45, 7) is 8.25. The SMILES string of the molecule is Cc1ccc([C@@H](CC(=O)O)c2ccc3c(nnn3CC3CC3)c2C)cc1CN1C[C@@]2(C)CCCN2c2ncccc2S1(=O)=O. The van der Waals surface area contributed by atoms with E-state index in [0.717, 1.165) is 64.8 Å². The molecule has 0 unspecified atom stereocenters. The maximum Gasteiger partial charge on any atom is 0.304 e. The number of aliphatic carboxylic acids is 1. The minimum atomic E-state index is -3.83. The minimum absolute atomic E-state index is 0.0981. The van der Waals surface area contributed by atoms with Crippen LogP contribution in [-0.4, -0.2) is 62.4 Å². The molecule has 1 N–H and O–H groups in total. The zero-order valence-electron chi connectivity index (χ0n) is 25.4. The summed E-state index contributed by atoms with van der Waals surface area (Å²) in [6.07, 6.45) is 5.85. The monoisotopic (exact) mass is 614 g/mol. The number of carboxylic acids is 1. The number of carbonyl (C=O) groups is 1. The number of fused-ring (bicyclic) bond motifs is 4. The lowest BCUT2D eigenvalue weighted by Gasteiger charge is -2.36. The molecule has 230 valence electrons. The average molecular weight is 615 g/mol. The highest BCUT2D eigenvalue weighted by atomic mass is 32.2. The lowest BCUT2D eigenvalue weighted by Crippen LogP contribution is -2.49. The molecule has 0 bridgehead atoms. The highest BCUT2D eigenvalue weighted by Gasteiger charge is 2.47. The summed E-state index contributed by atoms with van der Waals surface area (Å²) < 4.78 is 31.8. The maximum absolute atomic E-state index is 14.1. The van der Waals surface area contributed by atoms with Crippen molar-refractivity contribution in [2.45, 2.75) is 82.3 Å². The average Bonchev–Trinajstić information content (AvgIpc) is 3.60. The molecule has 0 radical (unpaired) electrons. The Morgan fingerprint density at radius 2 is 1.98 bits per heavy atom. The fourth-order valence-corrected chi connectivity index (χ4v) is 8.85. The number of benzene rings is 2. The Labute approximate surface area is 257 Å². The number of nitrogens with zero attached hydrogens (tertiary/aromatic N) is 6. The predicted octanol–water partition coefficient (Wildman–Crippen LogP) is 5.02. The van der Waals surface area contributed by atoms with E-state index < -0.39 is 21.9 Å². The van der Waals surface area contributed by atoms with Gasteiger partial charge in [0.25, 0.3) is 0 Å². The van der Waals surface area contributed by atoms with Crippen LogP contribution in [0.5, 0.6) is 0 Å². The first kappa shape index (κ1) is 28.9. The van der Waals surface area contributed by atoms with E-state index in [-0.39, 0.29) is 23.4 Å². The minimum Gasteiger partial charge on any atom is -0.481 e. The van der Waals surface area contributed by atoms with Crippen molar-refractivity contribution in [1.82, 2.24) is 24.3 Å². The first-order valence-corrected chi connectivity index (χ1v) is 16.9. The molecule has 2 aliphatic heterocycles. The second-order valence-corrected chi connectivity index (χ2v) is 15.0. The van der Waals surface area contributed by atoms with Crippen LogP contribution in [0.2, 0.25) is 0 Å². The van der Waals surface area contributed by atoms with E-state index in [4.69, 9.17) is 0 Å². The van der Waals surface area contributed by atoms with Gasteiger partial charge in [0.1, 0.15) is 16.2 Å². The predicted molar refractivity (Wildman–Crippen MR) is 167 cm³/mol. The third kappa shape index (κ3) is 4.95. The number of aryl methyl sites for hydroxylation is 2. The second kappa shape index (κ2) is 10.7. The Morgan fingerprint density at radius 3 is 2.75 bits per heavy atom. The zero-order valence-corrected chi connectivity index (χ0v) is 26.2. The van der Waals surface area contributed by atoms with Gasteiger partial charge in [0, 0.05) is 38.3 Å². The summed E-state index contributed by atoms with van der Waals surface area (Å²) in [5, 5.41) is 18.9. The topological polar surface area (TPSA) is 122 Å². The molecule has 2 aromatic carbocycles. The maximum atomic E-state index is 14.1. The van der Waals surface area contributed by atoms with E-state index >= 15 is 0 Å². The van der Waals surface area contributed by atoms with Crippen LogP contribution in [0, 0.1) is 19.8 Å². The van der Waals surface area contributed by atoms with Gasteiger partial charge in [0.05, 0.1) is 17.5 Å². The summed E-state index contributed by atoms with van der Waals surface area (Å²) in [5.41, 5.74) is 5.86. The number of hydrogen-bond donors (Lipinski definition) is 1. The molecule has 1 saturated carbocycles. The number of aromatic nitrogens is 4. The van der Waals surface area contributed by atoms with Gasteiger partial charge < -0.3 is 10.0 Å². The van der Waals surface area contributed by atoms with Crippen molar-refractivity contribution in [3.05, 3.63) is 76.5 Å². The van der Waals surface area contributed by atoms with E-state index in [1.807, 2.05) is 48.9 Å². The normalized spacial score (nSPS) is 22.0. The Bertz CT molecular complexity index is 1880. The van der Waals surface area contributed by atoms with Gasteiger partial charge in [0.2, 0.25) is 10.0 Å². The fraction of sp³-hybridized carbons (Fsp3) is 0.455. The van der Waals surface area contributed by atoms with Gasteiger partial charge in [0.15, 0.2) is 0 Å². The standard InChI is InChI=1S/C33H38N6O4S/c1-21-7-10-24(27(17-30(40)41)26-11-12-28-31(22(26)2)35-36-39(28)18-23-8-9-23)16-25(21)19-37-20-33(3)13-5-15-38(33)32-29(44(37,42)43)6-4-14-34-32/h4,6-7,10-12,14,16,23,27H,5,8-9,13,15,17-20H2,1-3H3,(H,40,41)/t27-,33-/m1/s1. The first-order chi connectivity index (χ1) is 21.0. The molecule has 44 heavy (non-hydrogen) atoms. The largest absolute Gasteiger partial charge is 0.481 e. The number of sulfonamides is 1. The van der Waals surface area contributed by atoms with E-state index in [1.54, 1.807) is 22.6 Å². The molecule has 2 fully saturated rings.